The zero-order valence-electron chi connectivity index (χ0n) is 19.4. The fraction of sp³-hybridized carbons (Fsp3) is 0.583. The van der Waals surface area contributed by atoms with Crippen LogP contribution in [0.4, 0.5) is 0 Å². The van der Waals surface area contributed by atoms with Gasteiger partial charge in [0.2, 0.25) is 5.75 Å². The molecule has 0 radical (unpaired) electrons. The fourth-order valence-electron chi connectivity index (χ4n) is 5.05. The number of hydrogen-bond acceptors (Lipinski definition) is 7. The van der Waals surface area contributed by atoms with Crippen LogP contribution in [-0.2, 0) is 0 Å². The molecule has 1 aromatic carbocycles. The van der Waals surface area contributed by atoms with Crippen LogP contribution in [0.3, 0.4) is 0 Å². The molecular weight excluding hydrogens is 426 g/mol. The number of amides is 1. The third kappa shape index (κ3) is 4.57. The molecule has 0 aliphatic carbocycles. The molecule has 32 heavy (non-hydrogen) atoms. The van der Waals surface area contributed by atoms with E-state index in [2.05, 4.69) is 15.2 Å². The molecule has 2 saturated heterocycles. The summed E-state index contributed by atoms with van der Waals surface area (Å²) in [6.07, 6.45) is 6.28. The smallest absolute Gasteiger partial charge is 0.263 e. The number of benzene rings is 1. The van der Waals surface area contributed by atoms with E-state index < -0.39 is 0 Å². The lowest BCUT2D eigenvalue weighted by Crippen LogP contribution is -2.50. The number of carbonyl (C=O) groups excluding carboxylic acids is 1. The van der Waals surface area contributed by atoms with E-state index in [1.807, 2.05) is 19.1 Å². The van der Waals surface area contributed by atoms with Gasteiger partial charge in [-0.3, -0.25) is 4.79 Å². The molecule has 2 aliphatic rings. The Morgan fingerprint density at radius 3 is 2.50 bits per heavy atom. The van der Waals surface area contributed by atoms with Gasteiger partial charge in [0.15, 0.2) is 11.5 Å². The highest BCUT2D eigenvalue weighted by molar-refractivity contribution is 7.17. The highest BCUT2D eigenvalue weighted by Crippen LogP contribution is 2.42. The van der Waals surface area contributed by atoms with Gasteiger partial charge in [-0.1, -0.05) is 6.42 Å². The van der Waals surface area contributed by atoms with E-state index in [4.69, 9.17) is 14.2 Å². The minimum atomic E-state index is -0.0355. The molecule has 3 heterocycles. The normalized spacial score (nSPS) is 21.0. The van der Waals surface area contributed by atoms with Crippen molar-refractivity contribution in [3.05, 3.63) is 22.7 Å². The van der Waals surface area contributed by atoms with Gasteiger partial charge in [-0.05, 0) is 63.7 Å². The van der Waals surface area contributed by atoms with Crippen molar-refractivity contribution in [1.82, 2.24) is 15.2 Å². The second kappa shape index (κ2) is 10.1. The lowest BCUT2D eigenvalue weighted by molar-refractivity contribution is 0.0576. The Labute approximate surface area is 194 Å². The van der Waals surface area contributed by atoms with Crippen LogP contribution in [0.2, 0.25) is 0 Å². The second-order valence-electron chi connectivity index (χ2n) is 8.56. The third-order valence-electron chi connectivity index (χ3n) is 6.67. The van der Waals surface area contributed by atoms with E-state index in [0.717, 1.165) is 22.8 Å². The van der Waals surface area contributed by atoms with Crippen LogP contribution in [-0.4, -0.2) is 62.8 Å². The summed E-state index contributed by atoms with van der Waals surface area (Å²) in [5.74, 6) is 2.17. The Kier molecular flexibility index (Phi) is 7.20. The zero-order chi connectivity index (χ0) is 22.7. The van der Waals surface area contributed by atoms with Crippen LogP contribution in [0, 0.1) is 12.8 Å². The first-order valence-corrected chi connectivity index (χ1v) is 12.2. The van der Waals surface area contributed by atoms with Gasteiger partial charge >= 0.3 is 0 Å². The number of carbonyl (C=O) groups is 1. The van der Waals surface area contributed by atoms with E-state index in [1.54, 1.807) is 21.3 Å². The maximum absolute atomic E-state index is 13.0. The van der Waals surface area contributed by atoms with Gasteiger partial charge in [-0.15, -0.1) is 11.3 Å². The average molecular weight is 460 g/mol. The Morgan fingerprint density at radius 1 is 1.09 bits per heavy atom. The van der Waals surface area contributed by atoms with Crippen molar-refractivity contribution < 1.29 is 19.0 Å². The standard InChI is InChI=1S/C24H33N3O4S/c1-15-22(23(28)25-14-16-8-7-11-27-10-6-5-9-18(16)27)32-24(26-15)17-12-19(29-2)21(31-4)20(13-17)30-3/h12-13,16,18H,5-11,14H2,1-4H3,(H,25,28)/t16-,18+/m0/s1. The number of aryl methyl sites for hydroxylation is 1. The van der Waals surface area contributed by atoms with Crippen LogP contribution in [0.15, 0.2) is 12.1 Å². The molecule has 2 aromatic rings. The molecule has 7 nitrogen and oxygen atoms in total. The molecule has 174 valence electrons. The van der Waals surface area contributed by atoms with Crippen LogP contribution in [0.25, 0.3) is 10.6 Å². The first-order chi connectivity index (χ1) is 15.5. The van der Waals surface area contributed by atoms with E-state index in [1.165, 1.54) is 56.5 Å². The summed E-state index contributed by atoms with van der Waals surface area (Å²) in [6, 6.07) is 4.34. The van der Waals surface area contributed by atoms with Crippen molar-refractivity contribution in [2.45, 2.75) is 45.1 Å². The van der Waals surface area contributed by atoms with E-state index in [9.17, 15) is 4.79 Å². The molecule has 0 spiro atoms. The number of ether oxygens (including phenoxy) is 3. The number of nitrogens with one attached hydrogen (secondary N) is 1. The van der Waals surface area contributed by atoms with Crippen LogP contribution in [0.5, 0.6) is 17.2 Å². The van der Waals surface area contributed by atoms with Gasteiger partial charge in [0, 0.05) is 18.2 Å². The van der Waals surface area contributed by atoms with Gasteiger partial charge in [-0.2, -0.15) is 0 Å². The Bertz CT molecular complexity index is 934. The maximum atomic E-state index is 13.0. The lowest BCUT2D eigenvalue weighted by atomic mass is 9.83. The topological polar surface area (TPSA) is 72.9 Å². The molecule has 2 fully saturated rings. The molecule has 2 aliphatic heterocycles. The van der Waals surface area contributed by atoms with Crippen molar-refractivity contribution in [1.29, 1.82) is 0 Å². The summed E-state index contributed by atoms with van der Waals surface area (Å²) in [5.41, 5.74) is 1.57. The quantitative estimate of drug-likeness (QED) is 0.671. The van der Waals surface area contributed by atoms with Gasteiger partial charge in [0.1, 0.15) is 9.88 Å². The number of rotatable bonds is 7. The second-order valence-corrected chi connectivity index (χ2v) is 9.56. The first-order valence-electron chi connectivity index (χ1n) is 11.4. The highest BCUT2D eigenvalue weighted by atomic mass is 32.1. The Morgan fingerprint density at radius 2 is 1.81 bits per heavy atom. The lowest BCUT2D eigenvalue weighted by Gasteiger charge is -2.44. The summed E-state index contributed by atoms with van der Waals surface area (Å²) >= 11 is 1.40. The predicted octanol–water partition coefficient (Wildman–Crippen LogP) is 4.14. The molecule has 1 N–H and O–H groups in total. The number of thiazole rings is 1. The molecule has 0 bridgehead atoms. The van der Waals surface area contributed by atoms with Crippen LogP contribution >= 0.6 is 11.3 Å². The number of aromatic nitrogens is 1. The fourth-order valence-corrected chi connectivity index (χ4v) is 6.02. The van der Waals surface area contributed by atoms with Crippen molar-refractivity contribution in [3.63, 3.8) is 0 Å². The summed E-state index contributed by atoms with van der Waals surface area (Å²) in [6.45, 7) is 5.04. The predicted molar refractivity (Wildman–Crippen MR) is 126 cm³/mol. The van der Waals surface area contributed by atoms with Crippen molar-refractivity contribution >= 4 is 17.2 Å². The number of methoxy groups -OCH3 is 3. The molecular formula is C24H33N3O4S. The highest BCUT2D eigenvalue weighted by Gasteiger charge is 2.33. The van der Waals surface area contributed by atoms with Crippen molar-refractivity contribution in [2.24, 2.45) is 5.92 Å². The van der Waals surface area contributed by atoms with Crippen molar-refractivity contribution in [2.75, 3.05) is 41.0 Å². The average Bonchev–Trinajstić information content (AvgIpc) is 3.23. The minimum Gasteiger partial charge on any atom is -0.493 e. The van der Waals surface area contributed by atoms with Gasteiger partial charge in [0.25, 0.3) is 5.91 Å². The van der Waals surface area contributed by atoms with Gasteiger partial charge in [0.05, 0.1) is 27.0 Å². The van der Waals surface area contributed by atoms with Gasteiger partial charge < -0.3 is 24.4 Å². The van der Waals surface area contributed by atoms with Crippen molar-refractivity contribution in [3.8, 4) is 27.8 Å². The van der Waals surface area contributed by atoms with E-state index in [0.29, 0.717) is 34.1 Å². The number of nitrogens with zero attached hydrogens (tertiary/aromatic N) is 2. The molecule has 2 atom stereocenters. The molecule has 4 rings (SSSR count). The maximum Gasteiger partial charge on any atom is 0.263 e. The van der Waals surface area contributed by atoms with Gasteiger partial charge in [-0.25, -0.2) is 4.98 Å². The molecule has 0 unspecified atom stereocenters. The summed E-state index contributed by atoms with van der Waals surface area (Å²) in [7, 11) is 4.76. The SMILES string of the molecule is COc1cc(-c2nc(C)c(C(=O)NC[C@@H]3CCCN4CCCC[C@H]34)s2)cc(OC)c1OC. The minimum absolute atomic E-state index is 0.0355. The molecule has 1 amide bonds. The van der Waals surface area contributed by atoms with Crippen LogP contribution < -0.4 is 19.5 Å². The molecule has 8 heteroatoms. The summed E-state index contributed by atoms with van der Waals surface area (Å²) in [5, 5.41) is 3.96. The first kappa shape index (κ1) is 22.9. The summed E-state index contributed by atoms with van der Waals surface area (Å²) in [4.78, 5) is 21.0. The number of hydrogen-bond donors (Lipinski definition) is 1. The van der Waals surface area contributed by atoms with Crippen LogP contribution in [0.1, 0.15) is 47.5 Å². The number of fused-ring (bicyclic) bond motifs is 1. The third-order valence-corrected chi connectivity index (χ3v) is 7.87. The number of piperidine rings is 2. The molecule has 1 aromatic heterocycles. The van der Waals surface area contributed by atoms with E-state index in [-0.39, 0.29) is 5.91 Å². The Hall–Kier alpha value is -2.32. The zero-order valence-corrected chi connectivity index (χ0v) is 20.2. The monoisotopic (exact) mass is 459 g/mol. The Balaban J connectivity index is 1.49. The summed E-state index contributed by atoms with van der Waals surface area (Å²) < 4.78 is 16.3. The largest absolute Gasteiger partial charge is 0.493 e. The van der Waals surface area contributed by atoms with E-state index >= 15 is 0 Å². The molecule has 0 saturated carbocycles.